The van der Waals surface area contributed by atoms with Crippen LogP contribution in [0.15, 0.2) is 0 Å². The van der Waals surface area contributed by atoms with Crippen LogP contribution in [0.3, 0.4) is 0 Å². The summed E-state index contributed by atoms with van der Waals surface area (Å²) in [5, 5.41) is 6.37. The molecule has 1 aliphatic heterocycles. The van der Waals surface area contributed by atoms with E-state index >= 15 is 0 Å². The van der Waals surface area contributed by atoms with E-state index in [4.69, 9.17) is 4.74 Å². The molecule has 2 aliphatic rings. The summed E-state index contributed by atoms with van der Waals surface area (Å²) in [7, 11) is 1.39. The molecule has 1 saturated heterocycles. The van der Waals surface area contributed by atoms with Crippen molar-refractivity contribution in [2.24, 2.45) is 5.92 Å². The number of rotatable bonds is 6. The highest BCUT2D eigenvalue weighted by atomic mass is 35.5. The number of carbonyl (C=O) groups excluding carboxylic acids is 2. The van der Waals surface area contributed by atoms with Gasteiger partial charge in [-0.25, -0.2) is 0 Å². The summed E-state index contributed by atoms with van der Waals surface area (Å²) in [6, 6.07) is 0. The average Bonchev–Trinajstić information content (AvgIpc) is 2.86. The van der Waals surface area contributed by atoms with E-state index < -0.39 is 0 Å². The van der Waals surface area contributed by atoms with Crippen LogP contribution in [-0.4, -0.2) is 37.6 Å². The van der Waals surface area contributed by atoms with Crippen molar-refractivity contribution in [1.82, 2.24) is 10.6 Å². The molecule has 0 aromatic rings. The van der Waals surface area contributed by atoms with E-state index in [-0.39, 0.29) is 29.8 Å². The molecule has 5 nitrogen and oxygen atoms in total. The minimum atomic E-state index is -0.321. The van der Waals surface area contributed by atoms with Gasteiger partial charge in [-0.15, -0.1) is 12.4 Å². The Morgan fingerprint density at radius 3 is 2.65 bits per heavy atom. The maximum atomic E-state index is 12.0. The Balaban J connectivity index is 0.00000200. The van der Waals surface area contributed by atoms with Crippen molar-refractivity contribution in [3.8, 4) is 0 Å². The fraction of sp³-hybridized carbons (Fsp3) is 0.857. The minimum Gasteiger partial charge on any atom is -0.469 e. The lowest BCUT2D eigenvalue weighted by Crippen LogP contribution is -2.54. The zero-order valence-corrected chi connectivity index (χ0v) is 12.9. The molecule has 1 saturated carbocycles. The lowest BCUT2D eigenvalue weighted by atomic mass is 9.74. The number of esters is 1. The van der Waals surface area contributed by atoms with Gasteiger partial charge in [0.05, 0.1) is 19.1 Å². The fourth-order valence-electron chi connectivity index (χ4n) is 2.95. The Kier molecular flexibility index (Phi) is 6.76. The van der Waals surface area contributed by atoms with Crippen molar-refractivity contribution in [2.75, 3.05) is 20.2 Å². The average molecular weight is 305 g/mol. The van der Waals surface area contributed by atoms with Crippen molar-refractivity contribution in [1.29, 1.82) is 0 Å². The van der Waals surface area contributed by atoms with E-state index in [1.807, 2.05) is 0 Å². The van der Waals surface area contributed by atoms with Crippen LogP contribution >= 0.6 is 12.4 Å². The number of nitrogens with one attached hydrogen (secondary N) is 2. The monoisotopic (exact) mass is 304 g/mol. The van der Waals surface area contributed by atoms with Gasteiger partial charge in [0.25, 0.3) is 0 Å². The molecule has 0 aromatic carbocycles. The van der Waals surface area contributed by atoms with Gasteiger partial charge in [-0.05, 0) is 51.1 Å². The SMILES string of the molecule is COC(=O)CC1(NC(=O)CCC2CCNC2)CCC1.Cl. The molecule has 20 heavy (non-hydrogen) atoms. The zero-order chi connectivity index (χ0) is 13.7. The van der Waals surface area contributed by atoms with E-state index in [0.717, 1.165) is 38.8 Å². The Labute approximate surface area is 126 Å². The molecule has 6 heteroatoms. The molecule has 2 N–H and O–H groups in total. The van der Waals surface area contributed by atoms with Crippen LogP contribution in [0, 0.1) is 5.92 Å². The number of carbonyl (C=O) groups is 2. The predicted molar refractivity (Wildman–Crippen MR) is 78.8 cm³/mol. The Morgan fingerprint density at radius 1 is 1.40 bits per heavy atom. The first-order valence-corrected chi connectivity index (χ1v) is 7.22. The molecule has 1 unspecified atom stereocenters. The molecule has 1 aliphatic carbocycles. The second kappa shape index (κ2) is 7.84. The third-order valence-corrected chi connectivity index (χ3v) is 4.37. The van der Waals surface area contributed by atoms with Crippen LogP contribution in [0.5, 0.6) is 0 Å². The van der Waals surface area contributed by atoms with Gasteiger partial charge in [-0.2, -0.15) is 0 Å². The quantitative estimate of drug-likeness (QED) is 0.728. The molecule has 0 spiro atoms. The van der Waals surface area contributed by atoms with Crippen LogP contribution in [-0.2, 0) is 14.3 Å². The van der Waals surface area contributed by atoms with Crippen molar-refractivity contribution < 1.29 is 14.3 Å². The lowest BCUT2D eigenvalue weighted by molar-refractivity contribution is -0.144. The smallest absolute Gasteiger partial charge is 0.307 e. The molecule has 0 bridgehead atoms. The normalized spacial score (nSPS) is 23.4. The highest BCUT2D eigenvalue weighted by Crippen LogP contribution is 2.35. The van der Waals surface area contributed by atoms with E-state index in [0.29, 0.717) is 18.8 Å². The van der Waals surface area contributed by atoms with Gasteiger partial charge in [0.1, 0.15) is 0 Å². The van der Waals surface area contributed by atoms with Gasteiger partial charge in [0.2, 0.25) is 5.91 Å². The largest absolute Gasteiger partial charge is 0.469 e. The number of ether oxygens (including phenoxy) is 1. The first kappa shape index (κ1) is 17.2. The molecule has 2 fully saturated rings. The van der Waals surface area contributed by atoms with Crippen LogP contribution in [0.1, 0.15) is 44.9 Å². The van der Waals surface area contributed by atoms with Crippen molar-refractivity contribution >= 4 is 24.3 Å². The van der Waals surface area contributed by atoms with Crippen LogP contribution in [0.2, 0.25) is 0 Å². The van der Waals surface area contributed by atoms with E-state index in [1.54, 1.807) is 0 Å². The summed E-state index contributed by atoms with van der Waals surface area (Å²) in [5.41, 5.74) is -0.321. The van der Waals surface area contributed by atoms with Gasteiger partial charge in [-0.3, -0.25) is 9.59 Å². The summed E-state index contributed by atoms with van der Waals surface area (Å²) in [5.74, 6) is 0.471. The number of hydrogen-bond acceptors (Lipinski definition) is 4. The van der Waals surface area contributed by atoms with Gasteiger partial charge in [0, 0.05) is 6.42 Å². The van der Waals surface area contributed by atoms with E-state index in [1.165, 1.54) is 13.5 Å². The summed E-state index contributed by atoms with van der Waals surface area (Å²) in [4.78, 5) is 23.4. The molecule has 1 atom stereocenters. The summed E-state index contributed by atoms with van der Waals surface area (Å²) in [6.07, 6.45) is 5.82. The Bertz CT molecular complexity index is 339. The lowest BCUT2D eigenvalue weighted by Gasteiger charge is -2.41. The number of methoxy groups -OCH3 is 1. The topological polar surface area (TPSA) is 67.4 Å². The second-order valence-electron chi connectivity index (χ2n) is 5.83. The van der Waals surface area contributed by atoms with Crippen molar-refractivity contribution in [3.63, 3.8) is 0 Å². The highest BCUT2D eigenvalue weighted by Gasteiger charge is 2.40. The zero-order valence-electron chi connectivity index (χ0n) is 12.1. The van der Waals surface area contributed by atoms with Crippen LogP contribution in [0.4, 0.5) is 0 Å². The Hall–Kier alpha value is -0.810. The fourth-order valence-corrected chi connectivity index (χ4v) is 2.95. The van der Waals surface area contributed by atoms with Crippen LogP contribution < -0.4 is 10.6 Å². The van der Waals surface area contributed by atoms with Crippen molar-refractivity contribution in [2.45, 2.75) is 50.5 Å². The minimum absolute atomic E-state index is 0. The predicted octanol–water partition coefficient (Wildman–Crippen LogP) is 1.40. The summed E-state index contributed by atoms with van der Waals surface area (Å²) >= 11 is 0. The molecule has 116 valence electrons. The highest BCUT2D eigenvalue weighted by molar-refractivity contribution is 5.85. The molecular weight excluding hydrogens is 280 g/mol. The Morgan fingerprint density at radius 2 is 2.15 bits per heavy atom. The summed E-state index contributed by atoms with van der Waals surface area (Å²) in [6.45, 7) is 2.10. The maximum absolute atomic E-state index is 12.0. The van der Waals surface area contributed by atoms with Gasteiger partial charge in [0.15, 0.2) is 0 Å². The van der Waals surface area contributed by atoms with E-state index in [2.05, 4.69) is 10.6 Å². The van der Waals surface area contributed by atoms with Crippen molar-refractivity contribution in [3.05, 3.63) is 0 Å². The molecular formula is C14H25ClN2O3. The molecule has 1 amide bonds. The van der Waals surface area contributed by atoms with Crippen LogP contribution in [0.25, 0.3) is 0 Å². The molecule has 0 aromatic heterocycles. The first-order valence-electron chi connectivity index (χ1n) is 7.22. The van der Waals surface area contributed by atoms with Gasteiger partial charge >= 0.3 is 5.97 Å². The number of amides is 1. The number of hydrogen-bond donors (Lipinski definition) is 2. The standard InChI is InChI=1S/C14H24N2O3.ClH/c1-19-13(18)9-14(6-2-7-14)16-12(17)4-3-11-5-8-15-10-11;/h11,15H,2-10H2,1H3,(H,16,17);1H. The molecule has 1 heterocycles. The third kappa shape index (κ3) is 4.63. The first-order chi connectivity index (χ1) is 9.13. The maximum Gasteiger partial charge on any atom is 0.307 e. The van der Waals surface area contributed by atoms with E-state index in [9.17, 15) is 9.59 Å². The van der Waals surface area contributed by atoms with Gasteiger partial charge in [-0.1, -0.05) is 0 Å². The number of halogens is 1. The summed E-state index contributed by atoms with van der Waals surface area (Å²) < 4.78 is 4.71. The molecule has 2 rings (SSSR count). The van der Waals surface area contributed by atoms with Gasteiger partial charge < -0.3 is 15.4 Å². The third-order valence-electron chi connectivity index (χ3n) is 4.37. The second-order valence-corrected chi connectivity index (χ2v) is 5.83. The molecule has 0 radical (unpaired) electrons.